The highest BCUT2D eigenvalue weighted by Crippen LogP contribution is 2.51. The zero-order chi connectivity index (χ0) is 9.45. The Bertz CT molecular complexity index is 178. The average molecular weight is 257 g/mol. The minimum Gasteiger partial charge on any atom is -0.282 e. The van der Waals surface area contributed by atoms with Crippen molar-refractivity contribution in [1.29, 1.82) is 0 Å². The van der Waals surface area contributed by atoms with Crippen LogP contribution < -0.4 is 0 Å². The fraction of sp³-hybridized carbons (Fsp3) is 0.333. The quantitative estimate of drug-likeness (QED) is 0.519. The van der Waals surface area contributed by atoms with E-state index >= 15 is 0 Å². The number of hydrogen-bond donors (Lipinski definition) is 0. The predicted molar refractivity (Wildman–Crippen MR) is 49.9 cm³/mol. The molecule has 0 amide bonds. The van der Waals surface area contributed by atoms with Crippen molar-refractivity contribution < 1.29 is 17.2 Å². The van der Waals surface area contributed by atoms with Crippen LogP contribution in [-0.4, -0.2) is 13.2 Å². The lowest BCUT2D eigenvalue weighted by Gasteiger charge is -2.11. The van der Waals surface area contributed by atoms with Crippen molar-refractivity contribution in [2.45, 2.75) is 0 Å². The largest absolute Gasteiger partial charge is 0.486 e. The van der Waals surface area contributed by atoms with E-state index in [1.165, 1.54) is 12.2 Å². The van der Waals surface area contributed by atoms with Gasteiger partial charge in [-0.25, -0.2) is 8.18 Å². The lowest BCUT2D eigenvalue weighted by atomic mass is 10.7. The summed E-state index contributed by atoms with van der Waals surface area (Å²) in [6.07, 6.45) is 2.88. The van der Waals surface area contributed by atoms with Gasteiger partial charge < -0.3 is 0 Å². The van der Waals surface area contributed by atoms with Crippen molar-refractivity contribution >= 4 is 24.1 Å². The molecule has 0 aromatic rings. The highest BCUT2D eigenvalue weighted by Gasteiger charge is 2.24. The van der Waals surface area contributed by atoms with Gasteiger partial charge in [-0.2, -0.15) is 0 Å². The molecule has 12 heavy (non-hydrogen) atoms. The summed E-state index contributed by atoms with van der Waals surface area (Å²) in [5, 5.41) is 0. The van der Waals surface area contributed by atoms with E-state index in [4.69, 9.17) is 9.05 Å². The standard InChI is InChI=1S/C6H10BrO4P/c1-3-5-9-12(8,11-7)10-6-4-2/h3-4H,1-2,5-6H2. The van der Waals surface area contributed by atoms with Crippen molar-refractivity contribution in [2.75, 3.05) is 13.2 Å². The van der Waals surface area contributed by atoms with E-state index in [0.29, 0.717) is 0 Å². The third kappa shape index (κ3) is 4.85. The topological polar surface area (TPSA) is 44.8 Å². The minimum absolute atomic E-state index is 0.0972. The van der Waals surface area contributed by atoms with E-state index in [-0.39, 0.29) is 13.2 Å². The zero-order valence-electron chi connectivity index (χ0n) is 6.44. The second-order valence-corrected chi connectivity index (χ2v) is 4.10. The molecule has 0 spiro atoms. The van der Waals surface area contributed by atoms with Crippen LogP contribution in [0.1, 0.15) is 0 Å². The molecule has 0 radical (unpaired) electrons. The maximum atomic E-state index is 11.3. The Kier molecular flexibility index (Phi) is 6.61. The molecule has 0 saturated heterocycles. The first-order valence-electron chi connectivity index (χ1n) is 3.09. The van der Waals surface area contributed by atoms with Crippen LogP contribution in [0.5, 0.6) is 0 Å². The predicted octanol–water partition coefficient (Wildman–Crippen LogP) is 2.83. The van der Waals surface area contributed by atoms with E-state index in [9.17, 15) is 4.57 Å². The van der Waals surface area contributed by atoms with Crippen LogP contribution in [0.15, 0.2) is 25.3 Å². The molecule has 0 aromatic heterocycles. The van der Waals surface area contributed by atoms with Crippen molar-refractivity contribution in [3.63, 3.8) is 0 Å². The third-order valence-corrected chi connectivity index (χ3v) is 2.95. The second-order valence-electron chi connectivity index (χ2n) is 1.69. The monoisotopic (exact) mass is 256 g/mol. The molecule has 0 rings (SSSR count). The number of phosphoric ester groups is 1. The number of hydrogen-bond acceptors (Lipinski definition) is 4. The molecule has 70 valence electrons. The molecule has 0 N–H and O–H groups in total. The number of phosphoric acid groups is 1. The Labute approximate surface area is 80.3 Å². The summed E-state index contributed by atoms with van der Waals surface area (Å²) in [6.45, 7) is 6.97. The van der Waals surface area contributed by atoms with Crippen LogP contribution in [0.3, 0.4) is 0 Å². The SMILES string of the molecule is C=CCOP(=O)(OBr)OCC=C. The van der Waals surface area contributed by atoms with Crippen LogP contribution in [0.25, 0.3) is 0 Å². The first-order valence-corrected chi connectivity index (χ1v) is 5.20. The van der Waals surface area contributed by atoms with Gasteiger partial charge in [-0.1, -0.05) is 12.2 Å². The maximum Gasteiger partial charge on any atom is 0.486 e. The highest BCUT2D eigenvalue weighted by atomic mass is 79.9. The van der Waals surface area contributed by atoms with Gasteiger partial charge >= 0.3 is 7.82 Å². The molecule has 0 aromatic carbocycles. The van der Waals surface area contributed by atoms with Crippen LogP contribution in [0, 0.1) is 0 Å². The molecular weight excluding hydrogens is 247 g/mol. The maximum absolute atomic E-state index is 11.3. The Hall–Kier alpha value is 0.0700. The molecule has 0 saturated carbocycles. The van der Waals surface area contributed by atoms with Gasteiger partial charge in [0.25, 0.3) is 0 Å². The molecule has 0 aliphatic rings. The van der Waals surface area contributed by atoms with Crippen LogP contribution >= 0.6 is 24.1 Å². The summed E-state index contributed by atoms with van der Waals surface area (Å²) in [7, 11) is -3.46. The van der Waals surface area contributed by atoms with Crippen molar-refractivity contribution in [1.82, 2.24) is 0 Å². The Balaban J connectivity index is 3.94. The normalized spacial score (nSPS) is 11.1. The van der Waals surface area contributed by atoms with Gasteiger partial charge in [0.2, 0.25) is 0 Å². The fourth-order valence-corrected chi connectivity index (χ4v) is 1.60. The van der Waals surface area contributed by atoms with Crippen molar-refractivity contribution in [3.8, 4) is 0 Å². The number of halogens is 1. The van der Waals surface area contributed by atoms with Gasteiger partial charge in [-0.15, -0.1) is 13.2 Å². The van der Waals surface area contributed by atoms with Gasteiger partial charge in [0, 0.05) is 0 Å². The first kappa shape index (κ1) is 12.1. The van der Waals surface area contributed by atoms with Gasteiger partial charge in [-0.05, 0) is 0 Å². The second kappa shape index (κ2) is 6.57. The van der Waals surface area contributed by atoms with E-state index in [1.54, 1.807) is 0 Å². The van der Waals surface area contributed by atoms with Gasteiger partial charge in [0.15, 0.2) is 0 Å². The van der Waals surface area contributed by atoms with E-state index in [0.717, 1.165) is 0 Å². The smallest absolute Gasteiger partial charge is 0.282 e. The van der Waals surface area contributed by atoms with Crippen LogP contribution in [-0.2, 0) is 17.2 Å². The summed E-state index contributed by atoms with van der Waals surface area (Å²) in [4.78, 5) is 0. The Morgan fingerprint density at radius 1 is 1.25 bits per heavy atom. The highest BCUT2D eigenvalue weighted by molar-refractivity contribution is 9.06. The molecule has 6 heteroatoms. The zero-order valence-corrected chi connectivity index (χ0v) is 8.92. The molecule has 0 aliphatic carbocycles. The molecular formula is C6H10BrO4P. The minimum atomic E-state index is -3.46. The lowest BCUT2D eigenvalue weighted by Crippen LogP contribution is -1.95. The molecule has 4 nitrogen and oxygen atoms in total. The van der Waals surface area contributed by atoms with E-state index in [1.807, 2.05) is 0 Å². The summed E-state index contributed by atoms with van der Waals surface area (Å²) >= 11 is 2.55. The molecule has 0 unspecified atom stereocenters. The van der Waals surface area contributed by atoms with Gasteiger partial charge in [0.1, 0.15) is 16.3 Å². The van der Waals surface area contributed by atoms with Crippen LogP contribution in [0.2, 0.25) is 0 Å². The lowest BCUT2D eigenvalue weighted by molar-refractivity contribution is 0.192. The summed E-state index contributed by atoms with van der Waals surface area (Å²) in [6, 6.07) is 0. The van der Waals surface area contributed by atoms with Gasteiger partial charge in [-0.3, -0.25) is 9.05 Å². The summed E-state index contributed by atoms with van der Waals surface area (Å²) < 4.78 is 25.1. The average Bonchev–Trinajstić information content (AvgIpc) is 2.11. The molecule has 0 aliphatic heterocycles. The van der Waals surface area contributed by atoms with Crippen molar-refractivity contribution in [2.24, 2.45) is 0 Å². The Morgan fingerprint density at radius 2 is 1.67 bits per heavy atom. The summed E-state index contributed by atoms with van der Waals surface area (Å²) in [5.41, 5.74) is 0. The Morgan fingerprint density at radius 3 is 1.92 bits per heavy atom. The fourth-order valence-electron chi connectivity index (χ4n) is 0.365. The van der Waals surface area contributed by atoms with Gasteiger partial charge in [0.05, 0.1) is 13.2 Å². The van der Waals surface area contributed by atoms with Crippen LogP contribution in [0.4, 0.5) is 0 Å². The van der Waals surface area contributed by atoms with Crippen molar-refractivity contribution in [3.05, 3.63) is 25.3 Å². The molecule has 0 atom stereocenters. The molecule has 0 fully saturated rings. The molecule has 0 heterocycles. The van der Waals surface area contributed by atoms with E-state index in [2.05, 4.69) is 33.0 Å². The first-order chi connectivity index (χ1) is 5.68. The summed E-state index contributed by atoms with van der Waals surface area (Å²) in [5.74, 6) is 0. The van der Waals surface area contributed by atoms with E-state index < -0.39 is 7.82 Å². The number of rotatable bonds is 7. The molecule has 0 bridgehead atoms. The third-order valence-electron chi connectivity index (χ3n) is 0.786.